The average molecular weight is 342 g/mol. The number of ketones is 1. The van der Waals surface area contributed by atoms with Crippen molar-refractivity contribution < 1.29 is 28.6 Å². The van der Waals surface area contributed by atoms with Crippen molar-refractivity contribution in [2.75, 3.05) is 13.7 Å². The van der Waals surface area contributed by atoms with Crippen LogP contribution in [0.15, 0.2) is 54.6 Å². The number of benzene rings is 2. The fourth-order valence-corrected chi connectivity index (χ4v) is 2.05. The van der Waals surface area contributed by atoms with Gasteiger partial charge in [0.15, 0.2) is 18.5 Å². The molecule has 0 heterocycles. The van der Waals surface area contributed by atoms with Crippen LogP contribution in [0.2, 0.25) is 0 Å². The van der Waals surface area contributed by atoms with Gasteiger partial charge in [0.2, 0.25) is 0 Å². The molecule has 130 valence electrons. The van der Waals surface area contributed by atoms with E-state index in [-0.39, 0.29) is 12.4 Å². The standard InChI is InChI=1S/C19H18O6/c1-13(19(22)23-2)25-17(20)12-24-16-10-8-15(9-11-16)18(21)14-6-4-3-5-7-14/h3-11,13H,12H2,1-2H3. The number of methoxy groups -OCH3 is 1. The van der Waals surface area contributed by atoms with Gasteiger partial charge >= 0.3 is 11.9 Å². The van der Waals surface area contributed by atoms with Gasteiger partial charge in [0.05, 0.1) is 7.11 Å². The second kappa shape index (κ2) is 8.63. The van der Waals surface area contributed by atoms with Crippen molar-refractivity contribution >= 4 is 17.7 Å². The van der Waals surface area contributed by atoms with Crippen LogP contribution in [0, 0.1) is 0 Å². The van der Waals surface area contributed by atoms with E-state index in [1.807, 2.05) is 6.07 Å². The second-order valence-electron chi connectivity index (χ2n) is 5.16. The predicted octanol–water partition coefficient (Wildman–Crippen LogP) is 2.40. The molecule has 0 aliphatic rings. The van der Waals surface area contributed by atoms with E-state index in [0.29, 0.717) is 16.9 Å². The van der Waals surface area contributed by atoms with E-state index in [9.17, 15) is 14.4 Å². The molecule has 0 radical (unpaired) electrons. The van der Waals surface area contributed by atoms with E-state index in [1.165, 1.54) is 14.0 Å². The lowest BCUT2D eigenvalue weighted by Gasteiger charge is -2.11. The van der Waals surface area contributed by atoms with E-state index in [4.69, 9.17) is 9.47 Å². The molecule has 0 saturated heterocycles. The van der Waals surface area contributed by atoms with E-state index >= 15 is 0 Å². The third-order valence-electron chi connectivity index (χ3n) is 3.35. The van der Waals surface area contributed by atoms with Gasteiger partial charge in [-0.05, 0) is 31.2 Å². The molecule has 0 aliphatic heterocycles. The quantitative estimate of drug-likeness (QED) is 0.568. The SMILES string of the molecule is COC(=O)C(C)OC(=O)COc1ccc(C(=O)c2ccccc2)cc1. The summed E-state index contributed by atoms with van der Waals surface area (Å²) in [5.74, 6) is -1.02. The third-order valence-corrected chi connectivity index (χ3v) is 3.35. The summed E-state index contributed by atoms with van der Waals surface area (Å²) in [6.07, 6.45) is -0.994. The van der Waals surface area contributed by atoms with E-state index in [2.05, 4.69) is 4.74 Å². The van der Waals surface area contributed by atoms with E-state index < -0.39 is 18.0 Å². The molecule has 0 N–H and O–H groups in total. The first-order valence-corrected chi connectivity index (χ1v) is 7.61. The van der Waals surface area contributed by atoms with E-state index in [1.54, 1.807) is 48.5 Å². The van der Waals surface area contributed by atoms with Crippen LogP contribution in [0.4, 0.5) is 0 Å². The maximum atomic E-state index is 12.3. The van der Waals surface area contributed by atoms with Crippen LogP contribution in [0.1, 0.15) is 22.8 Å². The Labute approximate surface area is 145 Å². The molecule has 6 nitrogen and oxygen atoms in total. The Balaban J connectivity index is 1.89. The predicted molar refractivity (Wildman–Crippen MR) is 89.4 cm³/mol. The Hall–Kier alpha value is -3.15. The Kier molecular flexibility index (Phi) is 6.28. The number of hydrogen-bond acceptors (Lipinski definition) is 6. The highest BCUT2D eigenvalue weighted by Crippen LogP contribution is 2.15. The highest BCUT2D eigenvalue weighted by molar-refractivity contribution is 6.08. The summed E-state index contributed by atoms with van der Waals surface area (Å²) in [6.45, 7) is 1.06. The van der Waals surface area contributed by atoms with Crippen molar-refractivity contribution in [2.45, 2.75) is 13.0 Å². The highest BCUT2D eigenvalue weighted by atomic mass is 16.6. The van der Waals surface area contributed by atoms with Crippen molar-refractivity contribution in [3.63, 3.8) is 0 Å². The zero-order valence-corrected chi connectivity index (χ0v) is 13.9. The summed E-state index contributed by atoms with van der Waals surface area (Å²) in [5, 5.41) is 0. The Bertz CT molecular complexity index is 736. The minimum atomic E-state index is -0.994. The lowest BCUT2D eigenvalue weighted by atomic mass is 10.0. The molecule has 0 spiro atoms. The Morgan fingerprint density at radius 3 is 2.12 bits per heavy atom. The molecule has 2 aromatic carbocycles. The fraction of sp³-hybridized carbons (Fsp3) is 0.211. The summed E-state index contributed by atoms with van der Waals surface area (Å²) < 4.78 is 14.6. The molecule has 0 aromatic heterocycles. The van der Waals surface area contributed by atoms with Gasteiger partial charge < -0.3 is 14.2 Å². The second-order valence-corrected chi connectivity index (χ2v) is 5.16. The summed E-state index contributed by atoms with van der Waals surface area (Å²) in [4.78, 5) is 35.0. The number of ether oxygens (including phenoxy) is 3. The molecule has 1 atom stereocenters. The molecule has 0 bridgehead atoms. The first-order valence-electron chi connectivity index (χ1n) is 7.61. The first-order chi connectivity index (χ1) is 12.0. The van der Waals surface area contributed by atoms with Gasteiger partial charge in [-0.15, -0.1) is 0 Å². The smallest absolute Gasteiger partial charge is 0.346 e. The zero-order valence-electron chi connectivity index (χ0n) is 13.9. The highest BCUT2D eigenvalue weighted by Gasteiger charge is 2.18. The molecule has 1 unspecified atom stereocenters. The van der Waals surface area contributed by atoms with Gasteiger partial charge in [0.25, 0.3) is 0 Å². The van der Waals surface area contributed by atoms with Crippen LogP contribution in [0.5, 0.6) is 5.75 Å². The van der Waals surface area contributed by atoms with Gasteiger partial charge in [0.1, 0.15) is 5.75 Å². The van der Waals surface area contributed by atoms with Crippen LogP contribution in [-0.4, -0.2) is 37.5 Å². The zero-order chi connectivity index (χ0) is 18.2. The molecular weight excluding hydrogens is 324 g/mol. The largest absolute Gasteiger partial charge is 0.482 e. The van der Waals surface area contributed by atoms with Gasteiger partial charge in [0, 0.05) is 11.1 Å². The third kappa shape index (κ3) is 5.17. The first kappa shape index (κ1) is 18.2. The van der Waals surface area contributed by atoms with Gasteiger partial charge in [-0.2, -0.15) is 0 Å². The molecule has 2 aromatic rings. The van der Waals surface area contributed by atoms with Crippen LogP contribution in [0.3, 0.4) is 0 Å². The van der Waals surface area contributed by atoms with Crippen LogP contribution < -0.4 is 4.74 Å². The molecular formula is C19H18O6. The van der Waals surface area contributed by atoms with Gasteiger partial charge in [-0.1, -0.05) is 30.3 Å². The minimum Gasteiger partial charge on any atom is -0.482 e. The van der Waals surface area contributed by atoms with Crippen molar-refractivity contribution in [3.05, 3.63) is 65.7 Å². The van der Waals surface area contributed by atoms with E-state index in [0.717, 1.165) is 0 Å². The molecule has 25 heavy (non-hydrogen) atoms. The molecule has 0 aliphatic carbocycles. The fourth-order valence-electron chi connectivity index (χ4n) is 2.05. The average Bonchev–Trinajstić information content (AvgIpc) is 2.66. The summed E-state index contributed by atoms with van der Waals surface area (Å²) in [5.41, 5.74) is 1.11. The Morgan fingerprint density at radius 2 is 1.52 bits per heavy atom. The van der Waals surface area contributed by atoms with Crippen molar-refractivity contribution in [2.24, 2.45) is 0 Å². The number of rotatable bonds is 7. The van der Waals surface area contributed by atoms with Crippen molar-refractivity contribution in [1.82, 2.24) is 0 Å². The van der Waals surface area contributed by atoms with Crippen molar-refractivity contribution in [1.29, 1.82) is 0 Å². The van der Waals surface area contributed by atoms with Crippen molar-refractivity contribution in [3.8, 4) is 5.75 Å². The molecule has 6 heteroatoms. The molecule has 2 rings (SSSR count). The summed E-state index contributed by atoms with van der Waals surface area (Å²) >= 11 is 0. The minimum absolute atomic E-state index is 0.0986. The normalized spacial score (nSPS) is 11.3. The number of carbonyl (C=O) groups excluding carboxylic acids is 3. The topological polar surface area (TPSA) is 78.9 Å². The molecule has 0 fully saturated rings. The summed E-state index contributed by atoms with van der Waals surface area (Å²) in [6, 6.07) is 15.3. The Morgan fingerprint density at radius 1 is 0.920 bits per heavy atom. The van der Waals surface area contributed by atoms with Gasteiger partial charge in [-0.3, -0.25) is 4.79 Å². The number of carbonyl (C=O) groups is 3. The number of hydrogen-bond donors (Lipinski definition) is 0. The molecule has 0 amide bonds. The molecule has 0 saturated carbocycles. The van der Waals surface area contributed by atoms with Crippen LogP contribution >= 0.6 is 0 Å². The van der Waals surface area contributed by atoms with Crippen LogP contribution in [0.25, 0.3) is 0 Å². The van der Waals surface area contributed by atoms with Crippen LogP contribution in [-0.2, 0) is 19.1 Å². The maximum absolute atomic E-state index is 12.3. The lowest BCUT2D eigenvalue weighted by molar-refractivity contribution is -0.165. The van der Waals surface area contributed by atoms with Gasteiger partial charge in [-0.25, -0.2) is 9.59 Å². The number of esters is 2. The lowest BCUT2D eigenvalue weighted by Crippen LogP contribution is -2.27. The monoisotopic (exact) mass is 342 g/mol. The maximum Gasteiger partial charge on any atom is 0.346 e. The summed E-state index contributed by atoms with van der Waals surface area (Å²) in [7, 11) is 1.21.